The van der Waals surface area contributed by atoms with Gasteiger partial charge in [-0.3, -0.25) is 9.59 Å². The van der Waals surface area contributed by atoms with E-state index in [1.165, 1.54) is 0 Å². The molecule has 11 heteroatoms. The number of carbonyl (C=O) groups excluding carboxylic acids is 4. The normalized spacial score (nSPS) is 17.6. The van der Waals surface area contributed by atoms with E-state index in [2.05, 4.69) is 58.2 Å². The molecule has 9 nitrogen and oxygen atoms in total. The monoisotopic (exact) mass is 918 g/mol. The second-order valence-electron chi connectivity index (χ2n) is 18.8. The number of hydrogen-bond donors (Lipinski definition) is 1. The van der Waals surface area contributed by atoms with Crippen molar-refractivity contribution in [3.05, 3.63) is 159 Å². The van der Waals surface area contributed by atoms with Gasteiger partial charge in [0.2, 0.25) is 0 Å². The number of hydrogen-bond acceptors (Lipinski definition) is 7. The summed E-state index contributed by atoms with van der Waals surface area (Å²) in [6, 6.07) is 30.5. The fraction of sp³-hybridized carbons (Fsp3) is 0.407. The van der Waals surface area contributed by atoms with E-state index >= 15 is 0 Å². The average molecular weight is 920 g/mol. The highest BCUT2D eigenvalue weighted by Crippen LogP contribution is 2.38. The summed E-state index contributed by atoms with van der Waals surface area (Å²) in [4.78, 5) is 53.3. The summed E-state index contributed by atoms with van der Waals surface area (Å²) in [5, 5.41) is 9.94. The summed E-state index contributed by atoms with van der Waals surface area (Å²) in [5.41, 5.74) is 8.35. The van der Waals surface area contributed by atoms with Crippen LogP contribution in [0.25, 0.3) is 0 Å². The van der Waals surface area contributed by atoms with E-state index in [4.69, 9.17) is 20.6 Å². The highest BCUT2D eigenvalue weighted by atomic mass is 35.6. The number of carbonyl (C=O) groups is 4. The standard InChI is InChI=1S/C24H25NO3.C23H23NO4.C6H15ClSi.CH4/c1-17-7-8-20-15-21(23(26)22(20)13-17)14-18-9-11-25(12-10-18)24(27)28-16-19-5-3-2-4-6-19;25-20-7-6-18-13-19(22(26)21(18)14-20)12-16-8-10-24(11-9-16)23(27)28-15-17-4-2-1-3-5-17;1-6(2,3)8(4,5)7;/h2-8,13-14,18H,9-12,15-16H2,1H3;1-7,12,14,16,25H,8-11,13,15H2;1-5H3;1H4/b21-14+;19-12+;;. The molecular weight excluding hydrogens is 852 g/mol. The minimum Gasteiger partial charge on any atom is -0.508 e. The Morgan fingerprint density at radius 2 is 1.06 bits per heavy atom. The molecule has 1 N–H and O–H groups in total. The topological polar surface area (TPSA) is 113 Å². The lowest BCUT2D eigenvalue weighted by molar-refractivity contribution is 0.0846. The molecule has 4 aromatic carbocycles. The first-order valence-electron chi connectivity index (χ1n) is 22.5. The zero-order chi connectivity index (χ0) is 46.0. The van der Waals surface area contributed by atoms with Crippen molar-refractivity contribution >= 4 is 42.2 Å². The number of likely N-dealkylation sites (tertiary alicyclic amines) is 2. The molecular formula is C54H67ClN2O7Si. The zero-order valence-corrected chi connectivity index (χ0v) is 40.0. The molecule has 2 aliphatic heterocycles. The molecule has 0 radical (unpaired) electrons. The van der Waals surface area contributed by atoms with Gasteiger partial charge in [-0.05, 0) is 89.9 Å². The quantitative estimate of drug-likeness (QED) is 0.116. The van der Waals surface area contributed by atoms with E-state index < -0.39 is 7.38 Å². The Labute approximate surface area is 392 Å². The fourth-order valence-electron chi connectivity index (χ4n) is 7.86. The Morgan fingerprint density at radius 3 is 1.46 bits per heavy atom. The van der Waals surface area contributed by atoms with Gasteiger partial charge < -0.3 is 24.4 Å². The highest BCUT2D eigenvalue weighted by molar-refractivity contribution is 7.20. The van der Waals surface area contributed by atoms with Gasteiger partial charge in [0, 0.05) is 61.3 Å². The average Bonchev–Trinajstić information content (AvgIpc) is 3.75. The maximum atomic E-state index is 12.7. The van der Waals surface area contributed by atoms with Crippen LogP contribution in [0.3, 0.4) is 0 Å². The number of ether oxygens (including phenoxy) is 2. The molecule has 2 heterocycles. The highest BCUT2D eigenvalue weighted by Gasteiger charge is 2.33. The number of nitrogens with zero attached hydrogens (tertiary/aromatic N) is 2. The van der Waals surface area contributed by atoms with Gasteiger partial charge in [0.1, 0.15) is 19.0 Å². The summed E-state index contributed by atoms with van der Waals surface area (Å²) >= 11 is 6.15. The number of Topliss-reactive ketones (excluding diaryl/α,β-unsaturated/α-hetero) is 2. The third kappa shape index (κ3) is 14.0. The van der Waals surface area contributed by atoms with Crippen LogP contribution in [0.1, 0.15) is 102 Å². The number of benzene rings is 4. The minimum absolute atomic E-state index is 0. The van der Waals surface area contributed by atoms with Crippen molar-refractivity contribution in [2.24, 2.45) is 11.8 Å². The predicted molar refractivity (Wildman–Crippen MR) is 263 cm³/mol. The maximum Gasteiger partial charge on any atom is 0.410 e. The number of piperidine rings is 2. The van der Waals surface area contributed by atoms with Crippen molar-refractivity contribution in [2.45, 2.75) is 105 Å². The second-order valence-corrected chi connectivity index (χ2v) is 26.1. The number of amides is 2. The van der Waals surface area contributed by atoms with Crippen molar-refractivity contribution in [3.63, 3.8) is 0 Å². The molecule has 2 aliphatic carbocycles. The number of rotatable bonds is 6. The van der Waals surface area contributed by atoms with Crippen LogP contribution in [0, 0.1) is 18.8 Å². The van der Waals surface area contributed by atoms with Crippen molar-refractivity contribution in [2.75, 3.05) is 26.2 Å². The number of halogens is 1. The zero-order valence-electron chi connectivity index (χ0n) is 38.2. The number of aryl methyl sites for hydroxylation is 1. The molecule has 0 aromatic heterocycles. The van der Waals surface area contributed by atoms with E-state index in [0.717, 1.165) is 76.6 Å². The number of phenolic OH excluding ortho intramolecular Hbond substituents is 1. The summed E-state index contributed by atoms with van der Waals surface area (Å²) in [6.45, 7) is 16.1. The lowest BCUT2D eigenvalue weighted by Crippen LogP contribution is -2.38. The summed E-state index contributed by atoms with van der Waals surface area (Å²) in [6.07, 6.45) is 8.39. The number of ketones is 2. The van der Waals surface area contributed by atoms with Crippen molar-refractivity contribution in [1.82, 2.24) is 9.80 Å². The largest absolute Gasteiger partial charge is 0.508 e. The van der Waals surface area contributed by atoms with Gasteiger partial charge in [-0.2, -0.15) is 11.1 Å². The van der Waals surface area contributed by atoms with Gasteiger partial charge in [0.15, 0.2) is 19.0 Å². The van der Waals surface area contributed by atoms with Crippen molar-refractivity contribution in [1.29, 1.82) is 0 Å². The lowest BCUT2D eigenvalue weighted by Gasteiger charge is -2.30. The predicted octanol–water partition coefficient (Wildman–Crippen LogP) is 12.7. The van der Waals surface area contributed by atoms with Crippen LogP contribution in [0.2, 0.25) is 18.1 Å². The van der Waals surface area contributed by atoms with E-state index in [1.807, 2.05) is 79.7 Å². The molecule has 0 unspecified atom stereocenters. The van der Waals surface area contributed by atoms with Gasteiger partial charge >= 0.3 is 12.2 Å². The molecule has 8 rings (SSSR count). The molecule has 0 atom stereocenters. The number of fused-ring (bicyclic) bond motifs is 2. The van der Waals surface area contributed by atoms with Crippen LogP contribution in [-0.4, -0.2) is 72.2 Å². The first kappa shape index (κ1) is 50.5. The van der Waals surface area contributed by atoms with Crippen molar-refractivity contribution < 1.29 is 33.8 Å². The van der Waals surface area contributed by atoms with E-state index in [9.17, 15) is 24.3 Å². The molecule has 0 saturated carbocycles. The third-order valence-corrected chi connectivity index (χ3v) is 18.1. The third-order valence-electron chi connectivity index (χ3n) is 12.9. The number of phenols is 1. The Hall–Kier alpha value is -5.45. The van der Waals surface area contributed by atoms with Crippen molar-refractivity contribution in [3.8, 4) is 5.75 Å². The van der Waals surface area contributed by atoms with E-state index in [1.54, 1.807) is 21.9 Å². The summed E-state index contributed by atoms with van der Waals surface area (Å²) < 4.78 is 10.8. The second kappa shape index (κ2) is 22.6. The molecule has 346 valence electrons. The van der Waals surface area contributed by atoms with Crippen LogP contribution < -0.4 is 0 Å². The van der Waals surface area contributed by atoms with E-state index in [0.29, 0.717) is 55.7 Å². The van der Waals surface area contributed by atoms with Crippen LogP contribution in [0.15, 0.2) is 120 Å². The molecule has 2 saturated heterocycles. The molecule has 0 spiro atoms. The molecule has 2 fully saturated rings. The Balaban J connectivity index is 0.000000207. The Morgan fingerprint density at radius 1 is 0.677 bits per heavy atom. The lowest BCUT2D eigenvalue weighted by atomic mass is 9.93. The van der Waals surface area contributed by atoms with Gasteiger partial charge in [-0.15, -0.1) is 0 Å². The summed E-state index contributed by atoms with van der Waals surface area (Å²) in [5.74, 6) is 0.919. The van der Waals surface area contributed by atoms with Crippen LogP contribution in [0.5, 0.6) is 5.75 Å². The smallest absolute Gasteiger partial charge is 0.410 e. The van der Waals surface area contributed by atoms with E-state index in [-0.39, 0.29) is 49.5 Å². The Bertz CT molecular complexity index is 2170. The van der Waals surface area contributed by atoms with Crippen LogP contribution in [-0.2, 0) is 35.5 Å². The minimum atomic E-state index is -1.39. The number of aromatic hydroxyl groups is 1. The number of allylic oxidation sites excluding steroid dienone is 4. The SMILES string of the molecule is C.CC(C)(C)[Si](C)(C)Cl.Cc1ccc2c(c1)C(=O)/C(=C/C1CCN(C(=O)OCc3ccccc3)CC1)C2.O=C1/C(=C/C2CCN(C(=O)OCc3ccccc3)CC2)Cc2ccc(O)cc21. The molecule has 0 bridgehead atoms. The van der Waals surface area contributed by atoms with Crippen LogP contribution in [0.4, 0.5) is 9.59 Å². The first-order chi connectivity index (χ1) is 30.4. The summed E-state index contributed by atoms with van der Waals surface area (Å²) in [7, 11) is -1.39. The maximum absolute atomic E-state index is 12.7. The fourth-order valence-corrected chi connectivity index (χ4v) is 7.86. The molecule has 4 aliphatic rings. The van der Waals surface area contributed by atoms with Crippen LogP contribution >= 0.6 is 11.1 Å². The van der Waals surface area contributed by atoms with Gasteiger partial charge in [0.05, 0.1) is 0 Å². The molecule has 4 aromatic rings. The molecule has 65 heavy (non-hydrogen) atoms. The first-order valence-corrected chi connectivity index (χ1v) is 26.5. The molecule has 2 amide bonds. The Kier molecular flexibility index (Phi) is 17.6. The van der Waals surface area contributed by atoms with Gasteiger partial charge in [-0.1, -0.05) is 138 Å². The van der Waals surface area contributed by atoms with Gasteiger partial charge in [-0.25, -0.2) is 9.59 Å². The van der Waals surface area contributed by atoms with Gasteiger partial charge in [0.25, 0.3) is 0 Å².